The number of methoxy groups -OCH3 is 2. The highest BCUT2D eigenvalue weighted by atomic mass is 16.5. The topological polar surface area (TPSA) is 76.7 Å². The van der Waals surface area contributed by atoms with Crippen molar-refractivity contribution in [3.8, 4) is 11.5 Å². The third-order valence-electron chi connectivity index (χ3n) is 3.88. The molecule has 6 nitrogen and oxygen atoms in total. The quantitative estimate of drug-likeness (QED) is 0.675. The summed E-state index contributed by atoms with van der Waals surface area (Å²) in [7, 11) is 3.20. The third kappa shape index (κ3) is 6.12. The molecule has 26 heavy (non-hydrogen) atoms. The summed E-state index contributed by atoms with van der Waals surface area (Å²) in [5.74, 6) is 0.884. The monoisotopic (exact) mass is 356 g/mol. The minimum atomic E-state index is -0.321. The fourth-order valence-electron chi connectivity index (χ4n) is 2.45. The summed E-state index contributed by atoms with van der Waals surface area (Å²) < 4.78 is 10.3. The van der Waals surface area contributed by atoms with Gasteiger partial charge >= 0.3 is 0 Å². The van der Waals surface area contributed by atoms with E-state index in [0.29, 0.717) is 25.3 Å². The Hall–Kier alpha value is -3.02. The van der Waals surface area contributed by atoms with Crippen LogP contribution in [0.5, 0.6) is 11.5 Å². The van der Waals surface area contributed by atoms with Crippen LogP contribution in [0.3, 0.4) is 0 Å². The largest absolute Gasteiger partial charge is 0.497 e. The molecule has 0 aliphatic rings. The molecule has 138 valence electrons. The minimum Gasteiger partial charge on any atom is -0.497 e. The van der Waals surface area contributed by atoms with Crippen LogP contribution in [-0.4, -0.2) is 32.6 Å². The standard InChI is InChI=1S/C20H24N2O4/c1-25-17-9-7-15(8-10-17)11-12-21-19(23)13-20(24)22-14-16-5-3-4-6-18(16)26-2/h3-10H,11-14H2,1-2H3,(H,21,23)(H,22,24). The molecule has 2 amide bonds. The summed E-state index contributed by atoms with van der Waals surface area (Å²) in [6.45, 7) is 0.799. The summed E-state index contributed by atoms with van der Waals surface area (Å²) in [5.41, 5.74) is 1.95. The number of amides is 2. The normalized spacial score (nSPS) is 10.1. The van der Waals surface area contributed by atoms with Gasteiger partial charge in [0.2, 0.25) is 11.8 Å². The van der Waals surface area contributed by atoms with Gasteiger partial charge in [-0.1, -0.05) is 30.3 Å². The molecule has 0 saturated heterocycles. The fourth-order valence-corrected chi connectivity index (χ4v) is 2.45. The first-order chi connectivity index (χ1) is 12.6. The lowest BCUT2D eigenvalue weighted by Crippen LogP contribution is -2.32. The Bertz CT molecular complexity index is 729. The maximum atomic E-state index is 11.9. The zero-order valence-corrected chi connectivity index (χ0v) is 15.1. The molecule has 0 unspecified atom stereocenters. The van der Waals surface area contributed by atoms with Crippen molar-refractivity contribution >= 4 is 11.8 Å². The second-order valence-electron chi connectivity index (χ2n) is 5.71. The van der Waals surface area contributed by atoms with Gasteiger partial charge in [0, 0.05) is 18.7 Å². The smallest absolute Gasteiger partial charge is 0.229 e. The Morgan fingerprint density at radius 2 is 1.58 bits per heavy atom. The Balaban J connectivity index is 1.69. The molecule has 6 heteroatoms. The maximum Gasteiger partial charge on any atom is 0.229 e. The number of hydrogen-bond acceptors (Lipinski definition) is 4. The van der Waals surface area contributed by atoms with Crippen molar-refractivity contribution in [2.45, 2.75) is 19.4 Å². The third-order valence-corrected chi connectivity index (χ3v) is 3.88. The van der Waals surface area contributed by atoms with Gasteiger partial charge in [-0.3, -0.25) is 9.59 Å². The van der Waals surface area contributed by atoms with Crippen LogP contribution in [0.2, 0.25) is 0 Å². The lowest BCUT2D eigenvalue weighted by atomic mass is 10.1. The molecule has 2 rings (SSSR count). The van der Waals surface area contributed by atoms with E-state index >= 15 is 0 Å². The number of rotatable bonds is 9. The summed E-state index contributed by atoms with van der Waals surface area (Å²) in [4.78, 5) is 23.8. The Labute approximate surface area is 153 Å². The van der Waals surface area contributed by atoms with E-state index in [1.165, 1.54) is 0 Å². The highest BCUT2D eigenvalue weighted by Crippen LogP contribution is 2.16. The van der Waals surface area contributed by atoms with E-state index < -0.39 is 0 Å². The van der Waals surface area contributed by atoms with E-state index in [4.69, 9.17) is 9.47 Å². The molecule has 2 aromatic rings. The molecule has 0 bridgehead atoms. The minimum absolute atomic E-state index is 0.197. The van der Waals surface area contributed by atoms with Crippen molar-refractivity contribution in [2.24, 2.45) is 0 Å². The molecule has 0 saturated carbocycles. The van der Waals surface area contributed by atoms with Crippen molar-refractivity contribution < 1.29 is 19.1 Å². The molecule has 2 N–H and O–H groups in total. The van der Waals surface area contributed by atoms with Crippen molar-refractivity contribution in [1.29, 1.82) is 0 Å². The van der Waals surface area contributed by atoms with Crippen molar-refractivity contribution in [1.82, 2.24) is 10.6 Å². The van der Waals surface area contributed by atoms with E-state index in [-0.39, 0.29) is 18.2 Å². The predicted molar refractivity (Wildman–Crippen MR) is 99.2 cm³/mol. The summed E-state index contributed by atoms with van der Waals surface area (Å²) >= 11 is 0. The first-order valence-corrected chi connectivity index (χ1v) is 8.40. The number of carbonyl (C=O) groups excluding carboxylic acids is 2. The second-order valence-corrected chi connectivity index (χ2v) is 5.71. The molecule has 0 fully saturated rings. The molecular weight excluding hydrogens is 332 g/mol. The van der Waals surface area contributed by atoms with Crippen LogP contribution < -0.4 is 20.1 Å². The van der Waals surface area contributed by atoms with E-state index in [1.54, 1.807) is 14.2 Å². The van der Waals surface area contributed by atoms with Gasteiger partial charge in [0.1, 0.15) is 17.9 Å². The number of nitrogens with one attached hydrogen (secondary N) is 2. The Morgan fingerprint density at radius 1 is 0.885 bits per heavy atom. The Morgan fingerprint density at radius 3 is 2.27 bits per heavy atom. The average molecular weight is 356 g/mol. The molecule has 0 aliphatic carbocycles. The molecule has 0 aromatic heterocycles. The predicted octanol–water partition coefficient (Wildman–Crippen LogP) is 2.07. The zero-order valence-electron chi connectivity index (χ0n) is 15.1. The highest BCUT2D eigenvalue weighted by molar-refractivity contribution is 5.96. The van der Waals surface area contributed by atoms with Crippen molar-refractivity contribution in [3.63, 3.8) is 0 Å². The second kappa shape index (κ2) is 10.1. The lowest BCUT2D eigenvalue weighted by Gasteiger charge is -2.10. The number of para-hydroxylation sites is 1. The number of hydrogen-bond donors (Lipinski definition) is 2. The van der Waals surface area contributed by atoms with Crippen LogP contribution in [0, 0.1) is 0 Å². The van der Waals surface area contributed by atoms with Crippen LogP contribution in [0.15, 0.2) is 48.5 Å². The zero-order chi connectivity index (χ0) is 18.8. The first kappa shape index (κ1) is 19.3. The van der Waals surface area contributed by atoms with Gasteiger partial charge in [0.15, 0.2) is 0 Å². The molecular formula is C20H24N2O4. The maximum absolute atomic E-state index is 11.9. The van der Waals surface area contributed by atoms with E-state index in [9.17, 15) is 9.59 Å². The molecule has 0 radical (unpaired) electrons. The molecule has 0 atom stereocenters. The van der Waals surface area contributed by atoms with Gasteiger partial charge in [-0.05, 0) is 30.2 Å². The van der Waals surface area contributed by atoms with Gasteiger partial charge in [-0.2, -0.15) is 0 Å². The highest BCUT2D eigenvalue weighted by Gasteiger charge is 2.10. The summed E-state index contributed by atoms with van der Waals surface area (Å²) in [5, 5.41) is 5.49. The lowest BCUT2D eigenvalue weighted by molar-refractivity contribution is -0.129. The number of carbonyl (C=O) groups is 2. The van der Waals surface area contributed by atoms with Crippen LogP contribution in [0.25, 0.3) is 0 Å². The SMILES string of the molecule is COc1ccc(CCNC(=O)CC(=O)NCc2ccccc2OC)cc1. The van der Waals surface area contributed by atoms with Crippen molar-refractivity contribution in [3.05, 3.63) is 59.7 Å². The average Bonchev–Trinajstić information content (AvgIpc) is 2.67. The van der Waals surface area contributed by atoms with Crippen LogP contribution >= 0.6 is 0 Å². The fraction of sp³-hybridized carbons (Fsp3) is 0.300. The van der Waals surface area contributed by atoms with Gasteiger partial charge < -0.3 is 20.1 Å². The summed E-state index contributed by atoms with van der Waals surface area (Å²) in [6.07, 6.45) is 0.496. The van der Waals surface area contributed by atoms with E-state index in [1.807, 2.05) is 48.5 Å². The summed E-state index contributed by atoms with van der Waals surface area (Å²) in [6, 6.07) is 15.1. The molecule has 0 spiro atoms. The van der Waals surface area contributed by atoms with Gasteiger partial charge in [-0.25, -0.2) is 0 Å². The van der Waals surface area contributed by atoms with Gasteiger partial charge in [0.05, 0.1) is 14.2 Å². The van der Waals surface area contributed by atoms with Crippen LogP contribution in [-0.2, 0) is 22.6 Å². The van der Waals surface area contributed by atoms with E-state index in [0.717, 1.165) is 16.9 Å². The number of benzene rings is 2. The van der Waals surface area contributed by atoms with Crippen LogP contribution in [0.4, 0.5) is 0 Å². The van der Waals surface area contributed by atoms with Crippen LogP contribution in [0.1, 0.15) is 17.5 Å². The molecule has 0 aliphatic heterocycles. The first-order valence-electron chi connectivity index (χ1n) is 8.40. The van der Waals surface area contributed by atoms with Gasteiger partial charge in [-0.15, -0.1) is 0 Å². The van der Waals surface area contributed by atoms with Crippen molar-refractivity contribution in [2.75, 3.05) is 20.8 Å². The molecule has 0 heterocycles. The number of ether oxygens (including phenoxy) is 2. The Kier molecular flexibility index (Phi) is 7.49. The van der Waals surface area contributed by atoms with Gasteiger partial charge in [0.25, 0.3) is 0 Å². The molecule has 2 aromatic carbocycles. The van der Waals surface area contributed by atoms with E-state index in [2.05, 4.69) is 10.6 Å².